The van der Waals surface area contributed by atoms with Gasteiger partial charge in [0.25, 0.3) is 0 Å². The zero-order valence-corrected chi connectivity index (χ0v) is 9.07. The first-order valence-electron chi connectivity index (χ1n) is 4.62. The minimum atomic E-state index is -0.732. The maximum absolute atomic E-state index is 9.63. The molecular weight excluding hydrogens is 214 g/mol. The molecule has 0 aliphatic heterocycles. The largest absolute Gasteiger partial charge is 0.387 e. The van der Waals surface area contributed by atoms with Crippen LogP contribution in [0.25, 0.3) is 11.0 Å². The van der Waals surface area contributed by atoms with E-state index in [4.69, 9.17) is 17.3 Å². The number of hydrogen-bond acceptors (Lipinski definition) is 3. The van der Waals surface area contributed by atoms with E-state index in [1.54, 1.807) is 18.5 Å². The number of aromatic nitrogens is 2. The molecule has 1 aromatic carbocycles. The van der Waals surface area contributed by atoms with Crippen molar-refractivity contribution in [1.82, 2.24) is 9.55 Å². The molecule has 0 spiro atoms. The monoisotopic (exact) mass is 225 g/mol. The van der Waals surface area contributed by atoms with Gasteiger partial charge in [0.05, 0.1) is 23.5 Å². The van der Waals surface area contributed by atoms with Gasteiger partial charge in [-0.05, 0) is 12.1 Å². The van der Waals surface area contributed by atoms with Crippen molar-refractivity contribution < 1.29 is 5.11 Å². The molecule has 1 unspecified atom stereocenters. The Hall–Kier alpha value is -1.10. The maximum Gasteiger partial charge on any atom is 0.0955 e. The van der Waals surface area contributed by atoms with Crippen LogP contribution in [0, 0.1) is 0 Å². The number of aliphatic hydroxyl groups is 1. The molecule has 3 N–H and O–H groups in total. The van der Waals surface area contributed by atoms with Crippen molar-refractivity contribution in [2.45, 2.75) is 6.10 Å². The van der Waals surface area contributed by atoms with Gasteiger partial charge in [-0.1, -0.05) is 11.6 Å². The molecule has 4 nitrogen and oxygen atoms in total. The van der Waals surface area contributed by atoms with Crippen LogP contribution < -0.4 is 5.73 Å². The molecular formula is C10H12ClN3O. The molecule has 0 fully saturated rings. The Kier molecular flexibility index (Phi) is 2.65. The SMILES string of the molecule is Cn1cnc2cc(C(O)CN)c(Cl)cc21. The summed E-state index contributed by atoms with van der Waals surface area (Å²) in [6.45, 7) is 0.151. The van der Waals surface area contributed by atoms with E-state index in [0.717, 1.165) is 11.0 Å². The fourth-order valence-electron chi connectivity index (χ4n) is 1.55. The molecule has 2 rings (SSSR count). The lowest BCUT2D eigenvalue weighted by Crippen LogP contribution is -2.11. The summed E-state index contributed by atoms with van der Waals surface area (Å²) in [5.41, 5.74) is 7.77. The van der Waals surface area contributed by atoms with Crippen molar-refractivity contribution in [1.29, 1.82) is 0 Å². The third-order valence-electron chi connectivity index (χ3n) is 2.43. The molecule has 1 heterocycles. The van der Waals surface area contributed by atoms with Crippen LogP contribution >= 0.6 is 11.6 Å². The standard InChI is InChI=1S/C10H12ClN3O/c1-14-5-13-8-2-6(10(15)4-12)7(11)3-9(8)14/h2-3,5,10,15H,4,12H2,1H3. The topological polar surface area (TPSA) is 64.1 Å². The van der Waals surface area contributed by atoms with Crippen molar-refractivity contribution in [2.24, 2.45) is 12.8 Å². The molecule has 0 amide bonds. The zero-order chi connectivity index (χ0) is 11.0. The second kappa shape index (κ2) is 3.81. The molecule has 0 saturated carbocycles. The zero-order valence-electron chi connectivity index (χ0n) is 8.31. The summed E-state index contributed by atoms with van der Waals surface area (Å²) in [5, 5.41) is 10.1. The normalized spacial score (nSPS) is 13.3. The highest BCUT2D eigenvalue weighted by molar-refractivity contribution is 6.32. The van der Waals surface area contributed by atoms with Gasteiger partial charge in [0.1, 0.15) is 0 Å². The highest BCUT2D eigenvalue weighted by atomic mass is 35.5. The van der Waals surface area contributed by atoms with Gasteiger partial charge >= 0.3 is 0 Å². The lowest BCUT2D eigenvalue weighted by atomic mass is 10.1. The molecule has 0 saturated heterocycles. The van der Waals surface area contributed by atoms with Gasteiger partial charge in [-0.15, -0.1) is 0 Å². The van der Waals surface area contributed by atoms with Crippen LogP contribution in [-0.2, 0) is 7.05 Å². The first-order chi connectivity index (χ1) is 7.13. The predicted molar refractivity (Wildman–Crippen MR) is 59.7 cm³/mol. The quantitative estimate of drug-likeness (QED) is 0.808. The van der Waals surface area contributed by atoms with Gasteiger partial charge in [0.15, 0.2) is 0 Å². The summed E-state index contributed by atoms with van der Waals surface area (Å²) in [7, 11) is 1.89. The molecule has 80 valence electrons. The number of aliphatic hydroxyl groups excluding tert-OH is 1. The Bertz CT molecular complexity index is 495. The second-order valence-electron chi connectivity index (χ2n) is 3.47. The van der Waals surface area contributed by atoms with E-state index >= 15 is 0 Å². The molecule has 0 aliphatic rings. The summed E-state index contributed by atoms with van der Waals surface area (Å²) in [4.78, 5) is 4.19. The van der Waals surface area contributed by atoms with E-state index in [1.807, 2.05) is 11.6 Å². The molecule has 15 heavy (non-hydrogen) atoms. The average molecular weight is 226 g/mol. The number of nitrogens with two attached hydrogens (primary N) is 1. The highest BCUT2D eigenvalue weighted by Gasteiger charge is 2.12. The molecule has 1 atom stereocenters. The number of halogens is 1. The molecule has 1 aromatic heterocycles. The number of aryl methyl sites for hydroxylation is 1. The van der Waals surface area contributed by atoms with Crippen LogP contribution in [0.1, 0.15) is 11.7 Å². The van der Waals surface area contributed by atoms with Gasteiger partial charge in [-0.25, -0.2) is 4.98 Å². The Balaban J connectivity index is 2.63. The van der Waals surface area contributed by atoms with Crippen molar-refractivity contribution in [2.75, 3.05) is 6.54 Å². The first kappa shape index (κ1) is 10.4. The Morgan fingerprint density at radius 3 is 3.00 bits per heavy atom. The van der Waals surface area contributed by atoms with Crippen molar-refractivity contribution >= 4 is 22.6 Å². The number of imidazole rings is 1. The lowest BCUT2D eigenvalue weighted by Gasteiger charge is -2.10. The van der Waals surface area contributed by atoms with Crippen LogP contribution in [0.2, 0.25) is 5.02 Å². The summed E-state index contributed by atoms with van der Waals surface area (Å²) >= 11 is 6.05. The second-order valence-corrected chi connectivity index (χ2v) is 3.88. The van der Waals surface area contributed by atoms with Crippen molar-refractivity contribution in [3.8, 4) is 0 Å². The molecule has 0 radical (unpaired) electrons. The predicted octanol–water partition coefficient (Wildman–Crippen LogP) is 1.22. The van der Waals surface area contributed by atoms with Gasteiger partial charge in [-0.2, -0.15) is 0 Å². The summed E-state index contributed by atoms with van der Waals surface area (Å²) < 4.78 is 1.87. The Labute approximate surface area is 92.3 Å². The lowest BCUT2D eigenvalue weighted by molar-refractivity contribution is 0.187. The summed E-state index contributed by atoms with van der Waals surface area (Å²) in [6.07, 6.45) is 0.975. The van der Waals surface area contributed by atoms with Crippen molar-refractivity contribution in [3.05, 3.63) is 29.0 Å². The van der Waals surface area contributed by atoms with Crippen LogP contribution in [0.3, 0.4) is 0 Å². The smallest absolute Gasteiger partial charge is 0.0955 e. The van der Waals surface area contributed by atoms with Gasteiger partial charge in [-0.3, -0.25) is 0 Å². The number of hydrogen-bond donors (Lipinski definition) is 2. The molecule has 0 bridgehead atoms. The Morgan fingerprint density at radius 2 is 2.33 bits per heavy atom. The summed E-state index contributed by atoms with van der Waals surface area (Å²) in [5.74, 6) is 0. The van der Waals surface area contributed by atoms with Crippen LogP contribution in [-0.4, -0.2) is 21.2 Å². The molecule has 0 aliphatic carbocycles. The van der Waals surface area contributed by atoms with E-state index < -0.39 is 6.10 Å². The van der Waals surface area contributed by atoms with Gasteiger partial charge in [0, 0.05) is 24.2 Å². The van der Waals surface area contributed by atoms with Gasteiger partial charge in [0.2, 0.25) is 0 Å². The third kappa shape index (κ3) is 1.71. The molecule has 5 heteroatoms. The molecule has 2 aromatic rings. The number of benzene rings is 1. The van der Waals surface area contributed by atoms with E-state index in [1.165, 1.54) is 0 Å². The maximum atomic E-state index is 9.63. The van der Waals surface area contributed by atoms with E-state index in [0.29, 0.717) is 10.6 Å². The van der Waals surface area contributed by atoms with Crippen LogP contribution in [0.4, 0.5) is 0 Å². The van der Waals surface area contributed by atoms with Crippen LogP contribution in [0.5, 0.6) is 0 Å². The summed E-state index contributed by atoms with van der Waals surface area (Å²) in [6, 6.07) is 3.56. The first-order valence-corrected chi connectivity index (χ1v) is 5.00. The van der Waals surface area contributed by atoms with Crippen LogP contribution in [0.15, 0.2) is 18.5 Å². The minimum Gasteiger partial charge on any atom is -0.387 e. The fourth-order valence-corrected chi connectivity index (χ4v) is 1.83. The average Bonchev–Trinajstić information content (AvgIpc) is 2.58. The van der Waals surface area contributed by atoms with E-state index in [9.17, 15) is 5.11 Å². The Morgan fingerprint density at radius 1 is 1.60 bits per heavy atom. The minimum absolute atomic E-state index is 0.151. The van der Waals surface area contributed by atoms with E-state index in [2.05, 4.69) is 4.98 Å². The van der Waals surface area contributed by atoms with Gasteiger partial charge < -0.3 is 15.4 Å². The number of fused-ring (bicyclic) bond motifs is 1. The highest BCUT2D eigenvalue weighted by Crippen LogP contribution is 2.27. The van der Waals surface area contributed by atoms with E-state index in [-0.39, 0.29) is 6.54 Å². The fraction of sp³-hybridized carbons (Fsp3) is 0.300. The van der Waals surface area contributed by atoms with Crippen molar-refractivity contribution in [3.63, 3.8) is 0 Å². The number of nitrogens with zero attached hydrogens (tertiary/aromatic N) is 2. The third-order valence-corrected chi connectivity index (χ3v) is 2.75. The number of rotatable bonds is 2.